The van der Waals surface area contributed by atoms with Crippen LogP contribution in [0.5, 0.6) is 0 Å². The zero-order valence-electron chi connectivity index (χ0n) is 20.5. The molecule has 4 nitrogen and oxygen atoms in total. The summed E-state index contributed by atoms with van der Waals surface area (Å²) in [6, 6.07) is 27.3. The summed E-state index contributed by atoms with van der Waals surface area (Å²) in [6.45, 7) is 4.88. The fourth-order valence-corrected chi connectivity index (χ4v) is 5.95. The maximum absolute atomic E-state index is 13.7. The lowest BCUT2D eigenvalue weighted by Crippen LogP contribution is -2.56. The highest BCUT2D eigenvalue weighted by Crippen LogP contribution is 2.30. The summed E-state index contributed by atoms with van der Waals surface area (Å²) in [4.78, 5) is 20.6. The lowest BCUT2D eigenvalue weighted by Gasteiger charge is -2.43. The first-order valence-electron chi connectivity index (χ1n) is 12.9. The number of carbonyl (C=O) groups excluding carboxylic acids is 1. The third-order valence-electron chi connectivity index (χ3n) is 7.49. The van der Waals surface area contributed by atoms with E-state index in [9.17, 15) is 4.79 Å². The second-order valence-electron chi connectivity index (χ2n) is 9.82. The Balaban J connectivity index is 1.26. The zero-order chi connectivity index (χ0) is 24.9. The largest absolute Gasteiger partial charge is 0.339 e. The predicted molar refractivity (Wildman–Crippen MR) is 147 cm³/mol. The maximum atomic E-state index is 13.7. The zero-order valence-corrected chi connectivity index (χ0v) is 22.0. The number of halogens is 2. The van der Waals surface area contributed by atoms with Gasteiger partial charge in [0.2, 0.25) is 5.91 Å². The predicted octanol–water partition coefficient (Wildman–Crippen LogP) is 6.28. The molecule has 0 N–H and O–H groups in total. The Bertz CT molecular complexity index is 1110. The minimum Gasteiger partial charge on any atom is -0.339 e. The number of piperidine rings is 1. The van der Waals surface area contributed by atoms with Gasteiger partial charge in [-0.1, -0.05) is 96.4 Å². The molecule has 2 aliphatic heterocycles. The van der Waals surface area contributed by atoms with Crippen LogP contribution in [0.2, 0.25) is 10.0 Å². The Morgan fingerprint density at radius 3 is 2.03 bits per heavy atom. The number of piperazine rings is 1. The average molecular weight is 523 g/mol. The van der Waals surface area contributed by atoms with Crippen LogP contribution in [0, 0.1) is 0 Å². The Hall–Kier alpha value is -2.37. The SMILES string of the molecule is O=C(C1CCCCN1Cc1ccc(Cl)c(Cl)c1)N1CCN(C(c2ccccc2)c2ccccc2)CC1. The minimum atomic E-state index is -0.0706. The first kappa shape index (κ1) is 25.3. The van der Waals surface area contributed by atoms with Crippen molar-refractivity contribution in [2.45, 2.75) is 37.9 Å². The molecule has 5 rings (SSSR count). The summed E-state index contributed by atoms with van der Waals surface area (Å²) in [5.41, 5.74) is 3.69. The van der Waals surface area contributed by atoms with E-state index in [1.165, 1.54) is 11.1 Å². The van der Waals surface area contributed by atoms with Gasteiger partial charge in [-0.3, -0.25) is 14.6 Å². The van der Waals surface area contributed by atoms with Crippen LogP contribution >= 0.6 is 23.2 Å². The van der Waals surface area contributed by atoms with Gasteiger partial charge in [-0.05, 0) is 48.2 Å². The van der Waals surface area contributed by atoms with Crippen LogP contribution in [0.1, 0.15) is 42.0 Å². The van der Waals surface area contributed by atoms with Crippen molar-refractivity contribution in [1.82, 2.24) is 14.7 Å². The molecule has 0 spiro atoms. The molecule has 2 saturated heterocycles. The summed E-state index contributed by atoms with van der Waals surface area (Å²) in [7, 11) is 0. The van der Waals surface area contributed by atoms with Gasteiger partial charge in [-0.15, -0.1) is 0 Å². The maximum Gasteiger partial charge on any atom is 0.240 e. The molecule has 0 aromatic heterocycles. The van der Waals surface area contributed by atoms with Gasteiger partial charge in [0.05, 0.1) is 22.1 Å². The average Bonchev–Trinajstić information content (AvgIpc) is 2.92. The van der Waals surface area contributed by atoms with Gasteiger partial charge in [0.25, 0.3) is 0 Å². The van der Waals surface area contributed by atoms with Gasteiger partial charge in [-0.25, -0.2) is 0 Å². The van der Waals surface area contributed by atoms with Crippen LogP contribution in [0.4, 0.5) is 0 Å². The summed E-state index contributed by atoms with van der Waals surface area (Å²) in [5.74, 6) is 0.269. The molecule has 6 heteroatoms. The smallest absolute Gasteiger partial charge is 0.240 e. The molecule has 1 amide bonds. The van der Waals surface area contributed by atoms with Gasteiger partial charge in [-0.2, -0.15) is 0 Å². The van der Waals surface area contributed by atoms with Crippen molar-refractivity contribution in [2.24, 2.45) is 0 Å². The van der Waals surface area contributed by atoms with Gasteiger partial charge in [0.15, 0.2) is 0 Å². The summed E-state index contributed by atoms with van der Waals surface area (Å²) < 4.78 is 0. The van der Waals surface area contributed by atoms with Crippen molar-refractivity contribution in [1.29, 1.82) is 0 Å². The minimum absolute atomic E-state index is 0.0706. The summed E-state index contributed by atoms with van der Waals surface area (Å²) in [5, 5.41) is 1.13. The number of nitrogens with zero attached hydrogens (tertiary/aromatic N) is 3. The van der Waals surface area contributed by atoms with Crippen molar-refractivity contribution < 1.29 is 4.79 Å². The molecule has 3 aromatic rings. The number of benzene rings is 3. The molecule has 0 aliphatic carbocycles. The molecule has 3 aromatic carbocycles. The van der Waals surface area contributed by atoms with Crippen LogP contribution in [0.25, 0.3) is 0 Å². The molecular formula is C30H33Cl2N3O. The van der Waals surface area contributed by atoms with E-state index < -0.39 is 0 Å². The van der Waals surface area contributed by atoms with E-state index in [0.29, 0.717) is 10.0 Å². The molecule has 0 saturated carbocycles. The van der Waals surface area contributed by atoms with Crippen LogP contribution in [0.3, 0.4) is 0 Å². The number of rotatable bonds is 6. The fourth-order valence-electron chi connectivity index (χ4n) is 5.63. The highest BCUT2D eigenvalue weighted by atomic mass is 35.5. The molecule has 1 unspecified atom stereocenters. The van der Waals surface area contributed by atoms with Gasteiger partial charge < -0.3 is 4.90 Å². The van der Waals surface area contributed by atoms with Crippen molar-refractivity contribution in [3.05, 3.63) is 106 Å². The van der Waals surface area contributed by atoms with E-state index in [0.717, 1.165) is 64.1 Å². The second kappa shape index (κ2) is 11.8. The molecule has 0 radical (unpaired) electrons. The molecule has 1 atom stereocenters. The summed E-state index contributed by atoms with van der Waals surface area (Å²) in [6.07, 6.45) is 3.13. The number of hydrogen-bond acceptors (Lipinski definition) is 3. The van der Waals surface area contributed by atoms with E-state index >= 15 is 0 Å². The number of likely N-dealkylation sites (tertiary alicyclic amines) is 1. The van der Waals surface area contributed by atoms with Crippen LogP contribution in [-0.4, -0.2) is 59.4 Å². The molecule has 36 heavy (non-hydrogen) atoms. The van der Waals surface area contributed by atoms with Crippen molar-refractivity contribution in [3.8, 4) is 0 Å². The van der Waals surface area contributed by atoms with Crippen molar-refractivity contribution >= 4 is 29.1 Å². The topological polar surface area (TPSA) is 26.8 Å². The van der Waals surface area contributed by atoms with Gasteiger partial charge >= 0.3 is 0 Å². The van der Waals surface area contributed by atoms with E-state index in [1.54, 1.807) is 0 Å². The lowest BCUT2D eigenvalue weighted by atomic mass is 9.96. The Morgan fingerprint density at radius 1 is 0.778 bits per heavy atom. The van der Waals surface area contributed by atoms with E-state index in [1.807, 2.05) is 18.2 Å². The van der Waals surface area contributed by atoms with Gasteiger partial charge in [0.1, 0.15) is 0 Å². The number of carbonyl (C=O) groups is 1. The monoisotopic (exact) mass is 521 g/mol. The number of amides is 1. The van der Waals surface area contributed by atoms with Crippen molar-refractivity contribution in [2.75, 3.05) is 32.7 Å². The third-order valence-corrected chi connectivity index (χ3v) is 8.23. The Kier molecular flexibility index (Phi) is 8.28. The van der Waals surface area contributed by atoms with E-state index in [-0.39, 0.29) is 18.0 Å². The van der Waals surface area contributed by atoms with Gasteiger partial charge in [0, 0.05) is 32.7 Å². The highest BCUT2D eigenvalue weighted by Gasteiger charge is 2.35. The Labute approximate surface area is 224 Å². The molecule has 0 bridgehead atoms. The van der Waals surface area contributed by atoms with Crippen LogP contribution < -0.4 is 0 Å². The fraction of sp³-hybridized carbons (Fsp3) is 0.367. The Morgan fingerprint density at radius 2 is 1.42 bits per heavy atom. The van der Waals surface area contributed by atoms with Crippen LogP contribution in [0.15, 0.2) is 78.9 Å². The van der Waals surface area contributed by atoms with E-state index in [2.05, 4.69) is 75.4 Å². The van der Waals surface area contributed by atoms with E-state index in [4.69, 9.17) is 23.2 Å². The highest BCUT2D eigenvalue weighted by molar-refractivity contribution is 6.42. The molecular weight excluding hydrogens is 489 g/mol. The van der Waals surface area contributed by atoms with Crippen molar-refractivity contribution in [3.63, 3.8) is 0 Å². The third kappa shape index (κ3) is 5.78. The quantitative estimate of drug-likeness (QED) is 0.381. The van der Waals surface area contributed by atoms with Crippen LogP contribution in [-0.2, 0) is 11.3 Å². The second-order valence-corrected chi connectivity index (χ2v) is 10.6. The molecule has 188 valence electrons. The lowest BCUT2D eigenvalue weighted by molar-refractivity contribution is -0.140. The molecule has 2 fully saturated rings. The number of hydrogen-bond donors (Lipinski definition) is 0. The standard InChI is InChI=1S/C30H33Cl2N3O/c31-26-15-14-23(21-27(26)32)22-35-16-8-7-13-28(35)30(36)34-19-17-33(18-20-34)29(24-9-3-1-4-10-24)25-11-5-2-6-12-25/h1-6,9-12,14-15,21,28-29H,7-8,13,16-20,22H2. The normalized spacial score (nSPS) is 19.5. The molecule has 2 aliphatic rings. The first-order chi connectivity index (χ1) is 17.6. The molecule has 2 heterocycles. The first-order valence-corrected chi connectivity index (χ1v) is 13.7. The summed E-state index contributed by atoms with van der Waals surface area (Å²) >= 11 is 12.4.